The van der Waals surface area contributed by atoms with Crippen molar-refractivity contribution in [1.29, 1.82) is 0 Å². The number of benzene rings is 2. The standard InChI is InChI=1S/C21H26N2O3/c1-5-20(24)22-17-10-8-11-18(15(17)4)23-21(25)13-26-19-12-7-6-9-16(19)14(2)3/h6-12,14H,5,13H2,1-4H3,(H,22,24)(H,23,25). The normalized spacial score (nSPS) is 10.5. The topological polar surface area (TPSA) is 67.4 Å². The maximum atomic E-state index is 12.3. The van der Waals surface area contributed by atoms with Gasteiger partial charge < -0.3 is 15.4 Å². The summed E-state index contributed by atoms with van der Waals surface area (Å²) in [5, 5.41) is 5.68. The van der Waals surface area contributed by atoms with Crippen LogP contribution in [0.1, 0.15) is 44.2 Å². The van der Waals surface area contributed by atoms with Crippen LogP contribution >= 0.6 is 0 Å². The third-order valence-corrected chi connectivity index (χ3v) is 4.10. The summed E-state index contributed by atoms with van der Waals surface area (Å²) in [4.78, 5) is 23.9. The van der Waals surface area contributed by atoms with Crippen LogP contribution in [0.4, 0.5) is 11.4 Å². The van der Waals surface area contributed by atoms with Crippen molar-refractivity contribution >= 4 is 23.2 Å². The molecule has 5 nitrogen and oxygen atoms in total. The van der Waals surface area contributed by atoms with Crippen LogP contribution in [-0.2, 0) is 9.59 Å². The van der Waals surface area contributed by atoms with Crippen molar-refractivity contribution in [3.63, 3.8) is 0 Å². The van der Waals surface area contributed by atoms with Crippen LogP contribution in [0, 0.1) is 6.92 Å². The third kappa shape index (κ3) is 5.09. The summed E-state index contributed by atoms with van der Waals surface area (Å²) >= 11 is 0. The molecule has 26 heavy (non-hydrogen) atoms. The first-order valence-electron chi connectivity index (χ1n) is 8.83. The SMILES string of the molecule is CCC(=O)Nc1cccc(NC(=O)COc2ccccc2C(C)C)c1C. The highest BCUT2D eigenvalue weighted by Crippen LogP contribution is 2.26. The summed E-state index contributed by atoms with van der Waals surface area (Å²) in [5.41, 5.74) is 3.23. The molecule has 2 aromatic rings. The number of anilines is 2. The number of nitrogens with one attached hydrogen (secondary N) is 2. The van der Waals surface area contributed by atoms with Gasteiger partial charge in [0.1, 0.15) is 5.75 Å². The lowest BCUT2D eigenvalue weighted by molar-refractivity contribution is -0.118. The summed E-state index contributed by atoms with van der Waals surface area (Å²) in [7, 11) is 0. The zero-order valence-corrected chi connectivity index (χ0v) is 15.8. The van der Waals surface area contributed by atoms with E-state index in [9.17, 15) is 9.59 Å². The van der Waals surface area contributed by atoms with E-state index in [1.807, 2.05) is 37.3 Å². The number of hydrogen-bond donors (Lipinski definition) is 2. The maximum absolute atomic E-state index is 12.3. The summed E-state index contributed by atoms with van der Waals surface area (Å²) in [6, 6.07) is 13.1. The summed E-state index contributed by atoms with van der Waals surface area (Å²) in [5.74, 6) is 0.726. The van der Waals surface area contributed by atoms with E-state index in [0.29, 0.717) is 23.7 Å². The molecule has 0 aromatic heterocycles. The zero-order chi connectivity index (χ0) is 19.1. The molecular weight excluding hydrogens is 328 g/mol. The van der Waals surface area contributed by atoms with Crippen LogP contribution in [0.3, 0.4) is 0 Å². The quantitative estimate of drug-likeness (QED) is 0.770. The molecule has 2 N–H and O–H groups in total. The Kier molecular flexibility index (Phi) is 6.78. The van der Waals surface area contributed by atoms with Crippen LogP contribution in [0.2, 0.25) is 0 Å². The zero-order valence-electron chi connectivity index (χ0n) is 15.8. The van der Waals surface area contributed by atoms with Gasteiger partial charge in [-0.3, -0.25) is 9.59 Å². The highest BCUT2D eigenvalue weighted by atomic mass is 16.5. The largest absolute Gasteiger partial charge is 0.483 e. The summed E-state index contributed by atoms with van der Waals surface area (Å²) in [6.07, 6.45) is 0.402. The fourth-order valence-corrected chi connectivity index (χ4v) is 2.56. The van der Waals surface area contributed by atoms with Gasteiger partial charge in [0, 0.05) is 17.8 Å². The molecular formula is C21H26N2O3. The van der Waals surface area contributed by atoms with Gasteiger partial charge in [-0.05, 0) is 42.2 Å². The first kappa shape index (κ1) is 19.5. The molecule has 0 radical (unpaired) electrons. The van der Waals surface area contributed by atoms with E-state index in [-0.39, 0.29) is 18.4 Å². The van der Waals surface area contributed by atoms with E-state index < -0.39 is 0 Å². The molecule has 0 bridgehead atoms. The van der Waals surface area contributed by atoms with Crippen molar-refractivity contribution in [2.75, 3.05) is 17.2 Å². The monoisotopic (exact) mass is 354 g/mol. The van der Waals surface area contributed by atoms with E-state index >= 15 is 0 Å². The van der Waals surface area contributed by atoms with Crippen LogP contribution in [-0.4, -0.2) is 18.4 Å². The molecule has 0 fully saturated rings. The number of ether oxygens (including phenoxy) is 1. The van der Waals surface area contributed by atoms with Gasteiger partial charge in [-0.25, -0.2) is 0 Å². The van der Waals surface area contributed by atoms with Crippen molar-refractivity contribution in [2.45, 2.75) is 40.0 Å². The van der Waals surface area contributed by atoms with Gasteiger partial charge in [0.2, 0.25) is 5.91 Å². The molecule has 138 valence electrons. The molecule has 2 aromatic carbocycles. The molecule has 0 heterocycles. The molecule has 0 unspecified atom stereocenters. The number of amides is 2. The summed E-state index contributed by atoms with van der Waals surface area (Å²) < 4.78 is 5.70. The average molecular weight is 354 g/mol. The Hall–Kier alpha value is -2.82. The third-order valence-electron chi connectivity index (χ3n) is 4.10. The molecule has 5 heteroatoms. The van der Waals surface area contributed by atoms with Gasteiger partial charge >= 0.3 is 0 Å². The lowest BCUT2D eigenvalue weighted by Gasteiger charge is -2.15. The predicted molar refractivity (Wildman–Crippen MR) is 105 cm³/mol. The minimum Gasteiger partial charge on any atom is -0.483 e. The van der Waals surface area contributed by atoms with Crippen molar-refractivity contribution in [3.05, 3.63) is 53.6 Å². The van der Waals surface area contributed by atoms with Gasteiger partial charge in [-0.2, -0.15) is 0 Å². The fourth-order valence-electron chi connectivity index (χ4n) is 2.56. The van der Waals surface area contributed by atoms with Gasteiger partial charge in [0.25, 0.3) is 5.91 Å². The minimum atomic E-state index is -0.245. The Morgan fingerprint density at radius 2 is 1.58 bits per heavy atom. The molecule has 0 spiro atoms. The number of carbonyl (C=O) groups excluding carboxylic acids is 2. The first-order valence-corrected chi connectivity index (χ1v) is 8.83. The minimum absolute atomic E-state index is 0.0646. The number of para-hydroxylation sites is 1. The lowest BCUT2D eigenvalue weighted by atomic mass is 10.0. The lowest BCUT2D eigenvalue weighted by Crippen LogP contribution is -2.21. The Labute approximate surface area is 154 Å². The van der Waals surface area contributed by atoms with Gasteiger partial charge in [0.05, 0.1) is 0 Å². The second-order valence-electron chi connectivity index (χ2n) is 6.41. The van der Waals surface area contributed by atoms with Gasteiger partial charge in [0.15, 0.2) is 6.61 Å². The number of rotatable bonds is 7. The number of carbonyl (C=O) groups is 2. The molecule has 0 saturated heterocycles. The summed E-state index contributed by atoms with van der Waals surface area (Å²) in [6.45, 7) is 7.75. The number of hydrogen-bond acceptors (Lipinski definition) is 3. The van der Waals surface area contributed by atoms with E-state index in [4.69, 9.17) is 4.74 Å². The molecule has 0 aliphatic heterocycles. The molecule has 0 aliphatic rings. The van der Waals surface area contributed by atoms with Crippen molar-refractivity contribution in [2.24, 2.45) is 0 Å². The van der Waals surface area contributed by atoms with Crippen LogP contribution in [0.15, 0.2) is 42.5 Å². The van der Waals surface area contributed by atoms with E-state index in [1.54, 1.807) is 19.1 Å². The first-order chi connectivity index (χ1) is 12.4. The molecule has 0 saturated carbocycles. The van der Waals surface area contributed by atoms with Crippen LogP contribution in [0.25, 0.3) is 0 Å². The van der Waals surface area contributed by atoms with Gasteiger partial charge in [-0.15, -0.1) is 0 Å². The highest BCUT2D eigenvalue weighted by Gasteiger charge is 2.12. The molecule has 2 rings (SSSR count). The Bertz CT molecular complexity index is 785. The van der Waals surface area contributed by atoms with E-state index in [2.05, 4.69) is 24.5 Å². The maximum Gasteiger partial charge on any atom is 0.262 e. The average Bonchev–Trinajstić information content (AvgIpc) is 2.63. The predicted octanol–water partition coefficient (Wildman–Crippen LogP) is 4.48. The second-order valence-corrected chi connectivity index (χ2v) is 6.41. The Morgan fingerprint density at radius 1 is 0.962 bits per heavy atom. The molecule has 0 aliphatic carbocycles. The Morgan fingerprint density at radius 3 is 2.19 bits per heavy atom. The van der Waals surface area contributed by atoms with Crippen molar-refractivity contribution in [3.8, 4) is 5.75 Å². The smallest absolute Gasteiger partial charge is 0.262 e. The van der Waals surface area contributed by atoms with E-state index in [1.165, 1.54) is 0 Å². The van der Waals surface area contributed by atoms with E-state index in [0.717, 1.165) is 16.9 Å². The van der Waals surface area contributed by atoms with Crippen molar-refractivity contribution < 1.29 is 14.3 Å². The van der Waals surface area contributed by atoms with Crippen LogP contribution < -0.4 is 15.4 Å². The van der Waals surface area contributed by atoms with Crippen LogP contribution in [0.5, 0.6) is 5.75 Å². The molecule has 0 atom stereocenters. The highest BCUT2D eigenvalue weighted by molar-refractivity contribution is 5.96. The Balaban J connectivity index is 2.02. The molecule has 2 amide bonds. The van der Waals surface area contributed by atoms with Crippen molar-refractivity contribution in [1.82, 2.24) is 0 Å². The van der Waals surface area contributed by atoms with Gasteiger partial charge in [-0.1, -0.05) is 45.0 Å². The second kappa shape index (κ2) is 9.04. The fraction of sp³-hybridized carbons (Fsp3) is 0.333.